The van der Waals surface area contributed by atoms with E-state index in [1.807, 2.05) is 62.3 Å². The maximum absolute atomic E-state index is 12.9. The minimum Gasteiger partial charge on any atom is -0.377 e. The number of carbonyl (C=O) groups excluding carboxylic acids is 2. The van der Waals surface area contributed by atoms with Gasteiger partial charge in [0.15, 0.2) is 0 Å². The van der Waals surface area contributed by atoms with Crippen molar-refractivity contribution in [3.63, 3.8) is 0 Å². The number of benzene rings is 2. The molecule has 0 aromatic heterocycles. The second-order valence-electron chi connectivity index (χ2n) is 6.97. The van der Waals surface area contributed by atoms with Gasteiger partial charge in [-0.15, -0.1) is 0 Å². The molecule has 6 heteroatoms. The Morgan fingerprint density at radius 1 is 1.07 bits per heavy atom. The highest BCUT2D eigenvalue weighted by Gasteiger charge is 2.17. The molecule has 0 heterocycles. The van der Waals surface area contributed by atoms with E-state index in [1.54, 1.807) is 12.1 Å². The second kappa shape index (κ2) is 10.3. The number of nitrogens with zero attached hydrogens (tertiary/aromatic N) is 1. The maximum Gasteiger partial charge on any atom is 0.319 e. The lowest BCUT2D eigenvalue weighted by Gasteiger charge is -2.20. The molecule has 150 valence electrons. The van der Waals surface area contributed by atoms with Gasteiger partial charge in [-0.05, 0) is 37.1 Å². The fraction of sp³-hybridized carbons (Fsp3) is 0.364. The van der Waals surface area contributed by atoms with Crippen LogP contribution in [0, 0.1) is 0 Å². The van der Waals surface area contributed by atoms with E-state index in [9.17, 15) is 9.59 Å². The number of carbonyl (C=O) groups is 2. The summed E-state index contributed by atoms with van der Waals surface area (Å²) in [5.41, 5.74) is 2.91. The Bertz CT molecular complexity index is 790. The summed E-state index contributed by atoms with van der Waals surface area (Å²) < 4.78 is 0. The van der Waals surface area contributed by atoms with Gasteiger partial charge < -0.3 is 20.9 Å². The molecular weight excluding hydrogens is 352 g/mol. The van der Waals surface area contributed by atoms with Crippen molar-refractivity contribution in [2.45, 2.75) is 32.7 Å². The van der Waals surface area contributed by atoms with E-state index in [1.165, 1.54) is 0 Å². The average molecular weight is 383 g/mol. The summed E-state index contributed by atoms with van der Waals surface area (Å²) in [6, 6.07) is 14.8. The van der Waals surface area contributed by atoms with Gasteiger partial charge in [-0.1, -0.05) is 43.7 Å². The van der Waals surface area contributed by atoms with E-state index in [4.69, 9.17) is 0 Å². The Morgan fingerprint density at radius 3 is 2.43 bits per heavy atom. The number of urea groups is 1. The number of anilines is 2. The number of unbranched alkanes of at least 4 members (excludes halogenated alkanes) is 1. The molecule has 0 saturated carbocycles. The molecule has 1 atom stereocenters. The Balaban J connectivity index is 2.15. The van der Waals surface area contributed by atoms with Crippen LogP contribution < -0.4 is 20.9 Å². The van der Waals surface area contributed by atoms with E-state index in [0.29, 0.717) is 17.8 Å². The van der Waals surface area contributed by atoms with Gasteiger partial charge in [0.25, 0.3) is 5.91 Å². The van der Waals surface area contributed by atoms with E-state index in [2.05, 4.69) is 22.9 Å². The van der Waals surface area contributed by atoms with Crippen LogP contribution in [0.2, 0.25) is 0 Å². The molecule has 3 amide bonds. The Morgan fingerprint density at radius 2 is 1.79 bits per heavy atom. The van der Waals surface area contributed by atoms with Crippen LogP contribution in [-0.2, 0) is 0 Å². The Kier molecular flexibility index (Phi) is 7.87. The lowest BCUT2D eigenvalue weighted by Crippen LogP contribution is -2.30. The van der Waals surface area contributed by atoms with E-state index >= 15 is 0 Å². The standard InChI is InChI=1S/C22H30N4O2/c1-5-6-14-23-22(28)25-18-12-13-20(26(3)4)19(15-18)21(27)24-16(2)17-10-8-7-9-11-17/h7-13,15-16H,5-6,14H2,1-4H3,(H,24,27)(H2,23,25,28)/t16-/m1/s1. The van der Waals surface area contributed by atoms with Crippen LogP contribution in [0.5, 0.6) is 0 Å². The van der Waals surface area contributed by atoms with Crippen molar-refractivity contribution in [3.05, 3.63) is 59.7 Å². The summed E-state index contributed by atoms with van der Waals surface area (Å²) in [6.45, 7) is 4.65. The first-order valence-corrected chi connectivity index (χ1v) is 9.64. The fourth-order valence-corrected chi connectivity index (χ4v) is 2.84. The molecule has 28 heavy (non-hydrogen) atoms. The summed E-state index contributed by atoms with van der Waals surface area (Å²) in [4.78, 5) is 26.8. The van der Waals surface area contributed by atoms with Crippen LogP contribution in [0.4, 0.5) is 16.2 Å². The van der Waals surface area contributed by atoms with E-state index < -0.39 is 0 Å². The second-order valence-corrected chi connectivity index (χ2v) is 6.97. The predicted octanol–water partition coefficient (Wildman–Crippen LogP) is 4.17. The van der Waals surface area contributed by atoms with Gasteiger partial charge in [-0.2, -0.15) is 0 Å². The fourth-order valence-electron chi connectivity index (χ4n) is 2.84. The SMILES string of the molecule is CCCCNC(=O)Nc1ccc(N(C)C)c(C(=O)N[C@H](C)c2ccccc2)c1. The molecule has 2 rings (SSSR count). The molecule has 0 spiro atoms. The third-order valence-corrected chi connectivity index (χ3v) is 4.44. The number of hydrogen-bond acceptors (Lipinski definition) is 3. The lowest BCUT2D eigenvalue weighted by molar-refractivity contribution is 0.0940. The molecule has 2 aromatic rings. The highest BCUT2D eigenvalue weighted by Crippen LogP contribution is 2.24. The largest absolute Gasteiger partial charge is 0.377 e. The van der Waals surface area contributed by atoms with Gasteiger partial charge in [0.05, 0.1) is 11.6 Å². The van der Waals surface area contributed by atoms with Gasteiger partial charge in [0.2, 0.25) is 0 Å². The first kappa shape index (κ1) is 21.3. The van der Waals surface area contributed by atoms with E-state index in [-0.39, 0.29) is 18.0 Å². The minimum absolute atomic E-state index is 0.127. The van der Waals surface area contributed by atoms with Crippen molar-refractivity contribution in [3.8, 4) is 0 Å². The van der Waals surface area contributed by atoms with Crippen molar-refractivity contribution < 1.29 is 9.59 Å². The Hall–Kier alpha value is -3.02. The molecule has 0 aliphatic rings. The lowest BCUT2D eigenvalue weighted by atomic mass is 10.1. The smallest absolute Gasteiger partial charge is 0.319 e. The molecule has 0 radical (unpaired) electrons. The summed E-state index contributed by atoms with van der Waals surface area (Å²) in [5, 5.41) is 8.65. The molecule has 0 aliphatic carbocycles. The maximum atomic E-state index is 12.9. The number of amides is 3. The average Bonchev–Trinajstić information content (AvgIpc) is 2.68. The van der Waals surface area contributed by atoms with Crippen molar-refractivity contribution in [2.75, 3.05) is 30.9 Å². The number of rotatable bonds is 8. The van der Waals surface area contributed by atoms with Crippen LogP contribution in [0.15, 0.2) is 48.5 Å². The van der Waals surface area contributed by atoms with E-state index in [0.717, 1.165) is 24.1 Å². The van der Waals surface area contributed by atoms with Gasteiger partial charge >= 0.3 is 6.03 Å². The first-order valence-electron chi connectivity index (χ1n) is 9.64. The van der Waals surface area contributed by atoms with Gasteiger partial charge in [0, 0.05) is 32.0 Å². The zero-order valence-electron chi connectivity index (χ0n) is 17.1. The van der Waals surface area contributed by atoms with Crippen molar-refractivity contribution >= 4 is 23.3 Å². The van der Waals surface area contributed by atoms with Crippen LogP contribution in [0.1, 0.15) is 48.7 Å². The molecule has 0 saturated heterocycles. The normalized spacial score (nSPS) is 11.4. The monoisotopic (exact) mass is 382 g/mol. The van der Waals surface area contributed by atoms with Crippen LogP contribution in [-0.4, -0.2) is 32.6 Å². The van der Waals surface area contributed by atoms with Gasteiger partial charge in [-0.25, -0.2) is 4.79 Å². The van der Waals surface area contributed by atoms with Gasteiger partial charge in [0.1, 0.15) is 0 Å². The molecule has 0 aliphatic heterocycles. The van der Waals surface area contributed by atoms with Crippen molar-refractivity contribution in [1.29, 1.82) is 0 Å². The molecule has 0 bridgehead atoms. The zero-order valence-corrected chi connectivity index (χ0v) is 17.1. The van der Waals surface area contributed by atoms with Crippen LogP contribution >= 0.6 is 0 Å². The topological polar surface area (TPSA) is 73.5 Å². The summed E-state index contributed by atoms with van der Waals surface area (Å²) >= 11 is 0. The highest BCUT2D eigenvalue weighted by molar-refractivity contribution is 6.02. The van der Waals surface area contributed by atoms with Crippen LogP contribution in [0.3, 0.4) is 0 Å². The Labute approximate surface area is 167 Å². The minimum atomic E-state index is -0.268. The zero-order chi connectivity index (χ0) is 20.5. The highest BCUT2D eigenvalue weighted by atomic mass is 16.2. The summed E-state index contributed by atoms with van der Waals surface area (Å²) in [6.07, 6.45) is 1.94. The number of nitrogens with one attached hydrogen (secondary N) is 3. The quantitative estimate of drug-likeness (QED) is 0.600. The molecular formula is C22H30N4O2. The third kappa shape index (κ3) is 6.01. The van der Waals surface area contributed by atoms with Gasteiger partial charge in [-0.3, -0.25) is 4.79 Å². The molecule has 2 aromatic carbocycles. The third-order valence-electron chi connectivity index (χ3n) is 4.44. The first-order chi connectivity index (χ1) is 13.4. The predicted molar refractivity (Wildman–Crippen MR) is 115 cm³/mol. The van der Waals surface area contributed by atoms with Crippen molar-refractivity contribution in [2.24, 2.45) is 0 Å². The number of hydrogen-bond donors (Lipinski definition) is 3. The summed E-state index contributed by atoms with van der Waals surface area (Å²) in [5.74, 6) is -0.185. The summed E-state index contributed by atoms with van der Waals surface area (Å²) in [7, 11) is 3.77. The molecule has 0 fully saturated rings. The molecule has 6 nitrogen and oxygen atoms in total. The molecule has 3 N–H and O–H groups in total. The van der Waals surface area contributed by atoms with Crippen LogP contribution in [0.25, 0.3) is 0 Å². The van der Waals surface area contributed by atoms with Crippen molar-refractivity contribution in [1.82, 2.24) is 10.6 Å². The molecule has 0 unspecified atom stereocenters.